The van der Waals surface area contributed by atoms with Gasteiger partial charge in [0.25, 0.3) is 0 Å². The summed E-state index contributed by atoms with van der Waals surface area (Å²) in [7, 11) is -7.19. The van der Waals surface area contributed by atoms with E-state index in [-0.39, 0.29) is 17.1 Å². The Morgan fingerprint density at radius 1 is 1.00 bits per heavy atom. The third-order valence-corrected chi connectivity index (χ3v) is 2.79. The standard InChI is InChI=1S/C8H12N2O5S2/c1-16(12,13)9-6-4-3-5-7(11)8(6)10-17(2,14)15/h3-5,9-11H,1-2H3. The van der Waals surface area contributed by atoms with Crippen LogP contribution in [0.4, 0.5) is 11.4 Å². The van der Waals surface area contributed by atoms with Gasteiger partial charge in [-0.3, -0.25) is 9.44 Å². The summed E-state index contributed by atoms with van der Waals surface area (Å²) < 4.78 is 48.4. The second-order valence-corrected chi connectivity index (χ2v) is 6.95. The number of hydrogen-bond donors (Lipinski definition) is 3. The summed E-state index contributed by atoms with van der Waals surface area (Å²) in [5.74, 6) is -0.371. The van der Waals surface area contributed by atoms with Crippen LogP contribution in [0.15, 0.2) is 18.2 Å². The van der Waals surface area contributed by atoms with Crippen molar-refractivity contribution in [3.8, 4) is 5.75 Å². The second kappa shape index (κ2) is 4.41. The molecule has 3 N–H and O–H groups in total. The minimum atomic E-state index is -3.62. The maximum absolute atomic E-state index is 11.1. The molecule has 0 spiro atoms. The summed E-state index contributed by atoms with van der Waals surface area (Å²) >= 11 is 0. The van der Waals surface area contributed by atoms with Crippen molar-refractivity contribution in [2.75, 3.05) is 22.0 Å². The van der Waals surface area contributed by atoms with E-state index in [1.807, 2.05) is 4.72 Å². The predicted molar refractivity (Wildman–Crippen MR) is 65.0 cm³/mol. The number of nitrogens with one attached hydrogen (secondary N) is 2. The Balaban J connectivity index is 3.27. The molecule has 0 saturated carbocycles. The SMILES string of the molecule is CS(=O)(=O)Nc1cccc(O)c1NS(C)(=O)=O. The molecular formula is C8H12N2O5S2. The Bertz CT molecular complexity index is 621. The molecule has 0 aliphatic carbocycles. The predicted octanol–water partition coefficient (Wildman–Crippen LogP) is 0.135. The van der Waals surface area contributed by atoms with E-state index in [1.54, 1.807) is 0 Å². The third-order valence-electron chi connectivity index (χ3n) is 1.63. The van der Waals surface area contributed by atoms with E-state index in [2.05, 4.69) is 4.72 Å². The van der Waals surface area contributed by atoms with E-state index in [9.17, 15) is 21.9 Å². The summed E-state index contributed by atoms with van der Waals surface area (Å²) in [5, 5.41) is 9.49. The van der Waals surface area contributed by atoms with Crippen molar-refractivity contribution in [1.29, 1.82) is 0 Å². The van der Waals surface area contributed by atoms with Crippen LogP contribution in [0.3, 0.4) is 0 Å². The zero-order chi connectivity index (χ0) is 13.3. The highest BCUT2D eigenvalue weighted by atomic mass is 32.2. The van der Waals surface area contributed by atoms with E-state index >= 15 is 0 Å². The zero-order valence-electron chi connectivity index (χ0n) is 9.13. The van der Waals surface area contributed by atoms with Crippen molar-refractivity contribution >= 4 is 31.4 Å². The van der Waals surface area contributed by atoms with E-state index in [4.69, 9.17) is 0 Å². The summed E-state index contributed by atoms with van der Waals surface area (Å²) in [6, 6.07) is 3.95. The molecule has 0 amide bonds. The van der Waals surface area contributed by atoms with Crippen LogP contribution in [0.5, 0.6) is 5.75 Å². The highest BCUT2D eigenvalue weighted by molar-refractivity contribution is 7.92. The highest BCUT2D eigenvalue weighted by Crippen LogP contribution is 2.32. The monoisotopic (exact) mass is 280 g/mol. The largest absolute Gasteiger partial charge is 0.506 e. The number of phenols is 1. The molecule has 0 unspecified atom stereocenters. The van der Waals surface area contributed by atoms with Crippen molar-refractivity contribution in [2.24, 2.45) is 0 Å². The fourth-order valence-electron chi connectivity index (χ4n) is 1.12. The van der Waals surface area contributed by atoms with E-state index in [0.29, 0.717) is 0 Å². The van der Waals surface area contributed by atoms with Gasteiger partial charge in [-0.05, 0) is 12.1 Å². The average molecular weight is 280 g/mol. The molecule has 0 radical (unpaired) electrons. The lowest BCUT2D eigenvalue weighted by Crippen LogP contribution is -2.15. The molecule has 1 aromatic rings. The van der Waals surface area contributed by atoms with E-state index in [0.717, 1.165) is 12.5 Å². The number of anilines is 2. The van der Waals surface area contributed by atoms with Crippen LogP contribution < -0.4 is 9.44 Å². The van der Waals surface area contributed by atoms with Crippen LogP contribution in [0.2, 0.25) is 0 Å². The molecule has 0 atom stereocenters. The van der Waals surface area contributed by atoms with Gasteiger partial charge in [-0.2, -0.15) is 0 Å². The molecular weight excluding hydrogens is 268 g/mol. The van der Waals surface area contributed by atoms with Gasteiger partial charge in [0.1, 0.15) is 11.4 Å². The Kier molecular flexibility index (Phi) is 3.53. The van der Waals surface area contributed by atoms with Crippen LogP contribution in [0.25, 0.3) is 0 Å². The first kappa shape index (κ1) is 13.6. The molecule has 9 heteroatoms. The van der Waals surface area contributed by atoms with Gasteiger partial charge in [0.2, 0.25) is 20.0 Å². The summed E-state index contributed by atoms with van der Waals surface area (Å²) in [4.78, 5) is 0. The number of phenolic OH excluding ortho intramolecular Hbond substituents is 1. The van der Waals surface area contributed by atoms with Crippen molar-refractivity contribution in [2.45, 2.75) is 0 Å². The van der Waals surface area contributed by atoms with Gasteiger partial charge in [-0.1, -0.05) is 6.07 Å². The Morgan fingerprint density at radius 2 is 1.53 bits per heavy atom. The van der Waals surface area contributed by atoms with Crippen molar-refractivity contribution in [3.05, 3.63) is 18.2 Å². The number of para-hydroxylation sites is 1. The van der Waals surface area contributed by atoms with Gasteiger partial charge in [0.15, 0.2) is 0 Å². The van der Waals surface area contributed by atoms with Gasteiger partial charge >= 0.3 is 0 Å². The normalized spacial score (nSPS) is 12.1. The van der Waals surface area contributed by atoms with Gasteiger partial charge in [0, 0.05) is 0 Å². The first-order valence-electron chi connectivity index (χ1n) is 4.36. The van der Waals surface area contributed by atoms with Crippen LogP contribution >= 0.6 is 0 Å². The first-order valence-corrected chi connectivity index (χ1v) is 8.14. The van der Waals surface area contributed by atoms with Crippen LogP contribution in [-0.4, -0.2) is 34.5 Å². The van der Waals surface area contributed by atoms with Crippen LogP contribution in [-0.2, 0) is 20.0 Å². The number of benzene rings is 1. The number of hydrogen-bond acceptors (Lipinski definition) is 5. The summed E-state index contributed by atoms with van der Waals surface area (Å²) in [5.41, 5.74) is -0.252. The molecule has 0 fully saturated rings. The third kappa shape index (κ3) is 4.49. The molecule has 0 aliphatic heterocycles. The van der Waals surface area contributed by atoms with Gasteiger partial charge in [-0.25, -0.2) is 16.8 Å². The minimum Gasteiger partial charge on any atom is -0.506 e. The fraction of sp³-hybridized carbons (Fsp3) is 0.250. The van der Waals surface area contributed by atoms with Crippen LogP contribution in [0.1, 0.15) is 0 Å². The Morgan fingerprint density at radius 3 is 2.00 bits per heavy atom. The zero-order valence-corrected chi connectivity index (χ0v) is 10.8. The maximum Gasteiger partial charge on any atom is 0.230 e. The lowest BCUT2D eigenvalue weighted by Gasteiger charge is -2.12. The van der Waals surface area contributed by atoms with E-state index < -0.39 is 20.0 Å². The minimum absolute atomic E-state index is 0.0436. The quantitative estimate of drug-likeness (QED) is 0.679. The number of rotatable bonds is 4. The van der Waals surface area contributed by atoms with Gasteiger partial charge in [-0.15, -0.1) is 0 Å². The average Bonchev–Trinajstić information content (AvgIpc) is 2.07. The lowest BCUT2D eigenvalue weighted by atomic mass is 10.2. The van der Waals surface area contributed by atoms with Crippen molar-refractivity contribution < 1.29 is 21.9 Å². The molecule has 0 heterocycles. The van der Waals surface area contributed by atoms with Crippen LogP contribution in [0, 0.1) is 0 Å². The number of aromatic hydroxyl groups is 1. The molecule has 0 aromatic heterocycles. The molecule has 96 valence electrons. The molecule has 7 nitrogen and oxygen atoms in total. The molecule has 1 aromatic carbocycles. The topological polar surface area (TPSA) is 113 Å². The van der Waals surface area contributed by atoms with Gasteiger partial charge in [0.05, 0.1) is 18.2 Å². The van der Waals surface area contributed by atoms with E-state index in [1.165, 1.54) is 18.2 Å². The smallest absolute Gasteiger partial charge is 0.230 e. The second-order valence-electron chi connectivity index (χ2n) is 3.45. The lowest BCUT2D eigenvalue weighted by molar-refractivity contribution is 0.478. The molecule has 0 saturated heterocycles. The molecule has 0 aliphatic rings. The van der Waals surface area contributed by atoms with Crippen molar-refractivity contribution in [1.82, 2.24) is 0 Å². The highest BCUT2D eigenvalue weighted by Gasteiger charge is 2.14. The summed E-state index contributed by atoms with van der Waals surface area (Å²) in [6.07, 6.45) is 1.81. The van der Waals surface area contributed by atoms with Crippen molar-refractivity contribution in [3.63, 3.8) is 0 Å². The Labute approximate surface area is 99.6 Å². The molecule has 1 rings (SSSR count). The first-order chi connectivity index (χ1) is 7.58. The van der Waals surface area contributed by atoms with Gasteiger partial charge < -0.3 is 5.11 Å². The Hall–Kier alpha value is -1.48. The molecule has 0 bridgehead atoms. The number of sulfonamides is 2. The summed E-state index contributed by atoms with van der Waals surface area (Å²) in [6.45, 7) is 0. The molecule has 17 heavy (non-hydrogen) atoms. The fourth-order valence-corrected chi connectivity index (χ4v) is 2.27. The maximum atomic E-state index is 11.1.